The van der Waals surface area contributed by atoms with Crippen LogP contribution >= 0.6 is 0 Å². The Kier molecular flexibility index (Phi) is 1.46. The Hall–Kier alpha value is -0.820. The molecule has 1 unspecified atom stereocenters. The number of nitrogens with two attached hydrogens (primary N) is 1. The lowest BCUT2D eigenvalue weighted by molar-refractivity contribution is 0.513. The highest BCUT2D eigenvalue weighted by atomic mass is 14.7. The summed E-state index contributed by atoms with van der Waals surface area (Å²) < 4.78 is 0. The summed E-state index contributed by atoms with van der Waals surface area (Å²) >= 11 is 0. The van der Waals surface area contributed by atoms with Gasteiger partial charge in [-0.3, -0.25) is 0 Å². The highest BCUT2D eigenvalue weighted by Crippen LogP contribution is 2.33. The number of hydrogen-bond acceptors (Lipinski definition) is 1. The van der Waals surface area contributed by atoms with Gasteiger partial charge in [0.05, 0.1) is 0 Å². The van der Waals surface area contributed by atoms with Crippen LogP contribution in [0.2, 0.25) is 0 Å². The summed E-state index contributed by atoms with van der Waals surface area (Å²) in [5.74, 6) is 0.618. The third-order valence-corrected chi connectivity index (χ3v) is 2.57. The summed E-state index contributed by atoms with van der Waals surface area (Å²) in [7, 11) is 0. The number of rotatable bonds is 0. The van der Waals surface area contributed by atoms with Crippen molar-refractivity contribution in [1.29, 1.82) is 0 Å². The van der Waals surface area contributed by atoms with Crippen molar-refractivity contribution >= 4 is 0 Å². The topological polar surface area (TPSA) is 26.0 Å². The smallest absolute Gasteiger partial charge is 0.0326 e. The van der Waals surface area contributed by atoms with Crippen molar-refractivity contribution in [1.82, 2.24) is 0 Å². The van der Waals surface area contributed by atoms with E-state index in [1.54, 1.807) is 0 Å². The van der Waals surface area contributed by atoms with Crippen LogP contribution in [0.5, 0.6) is 0 Å². The van der Waals surface area contributed by atoms with E-state index in [2.05, 4.69) is 31.2 Å². The van der Waals surface area contributed by atoms with Gasteiger partial charge in [-0.05, 0) is 23.5 Å². The first-order chi connectivity index (χ1) is 5.29. The molecule has 1 aliphatic carbocycles. The number of fused-ring (bicyclic) bond motifs is 1. The maximum Gasteiger partial charge on any atom is 0.0326 e. The summed E-state index contributed by atoms with van der Waals surface area (Å²) in [6.45, 7) is 2.21. The van der Waals surface area contributed by atoms with Crippen molar-refractivity contribution in [2.75, 3.05) is 0 Å². The average molecular weight is 147 g/mol. The highest BCUT2D eigenvalue weighted by Gasteiger charge is 2.24. The first-order valence-electron chi connectivity index (χ1n) is 4.12. The Morgan fingerprint density at radius 1 is 1.36 bits per heavy atom. The molecule has 0 fully saturated rings. The van der Waals surface area contributed by atoms with E-state index < -0.39 is 0 Å². The molecule has 0 heterocycles. The molecule has 1 heteroatoms. The fourth-order valence-corrected chi connectivity index (χ4v) is 1.83. The molecule has 0 bridgehead atoms. The fraction of sp³-hybridized carbons (Fsp3) is 0.400. The molecule has 1 aromatic carbocycles. The summed E-state index contributed by atoms with van der Waals surface area (Å²) in [4.78, 5) is 0. The van der Waals surface area contributed by atoms with Crippen molar-refractivity contribution in [2.45, 2.75) is 19.4 Å². The van der Waals surface area contributed by atoms with Gasteiger partial charge in [0.15, 0.2) is 0 Å². The van der Waals surface area contributed by atoms with Gasteiger partial charge in [0, 0.05) is 6.04 Å². The average Bonchev–Trinajstić information content (AvgIpc) is 2.30. The van der Waals surface area contributed by atoms with Crippen LogP contribution in [-0.2, 0) is 6.42 Å². The van der Waals surface area contributed by atoms with Crippen molar-refractivity contribution in [2.24, 2.45) is 11.7 Å². The predicted molar refractivity (Wildman–Crippen MR) is 46.2 cm³/mol. The van der Waals surface area contributed by atoms with Gasteiger partial charge in [-0.25, -0.2) is 0 Å². The third-order valence-electron chi connectivity index (χ3n) is 2.57. The molecule has 2 rings (SSSR count). The highest BCUT2D eigenvalue weighted by molar-refractivity contribution is 5.34. The Morgan fingerprint density at radius 2 is 2.09 bits per heavy atom. The second kappa shape index (κ2) is 2.35. The standard InChI is InChI=1S/C10H13N/c1-7-6-8-4-2-3-5-9(8)10(7)11/h2-5,7,10H,6,11H2,1H3/t7-,10?/m0/s1. The van der Waals surface area contributed by atoms with Gasteiger partial charge in [-0.1, -0.05) is 31.2 Å². The van der Waals surface area contributed by atoms with Gasteiger partial charge in [0.1, 0.15) is 0 Å². The Labute approximate surface area is 67.2 Å². The molecule has 0 aromatic heterocycles. The minimum Gasteiger partial charge on any atom is -0.324 e. The van der Waals surface area contributed by atoms with E-state index in [1.165, 1.54) is 11.1 Å². The van der Waals surface area contributed by atoms with Crippen LogP contribution in [0.25, 0.3) is 0 Å². The van der Waals surface area contributed by atoms with Gasteiger partial charge in [-0.2, -0.15) is 0 Å². The Morgan fingerprint density at radius 3 is 2.82 bits per heavy atom. The largest absolute Gasteiger partial charge is 0.324 e. The molecule has 0 spiro atoms. The summed E-state index contributed by atoms with van der Waals surface area (Å²) in [6.07, 6.45) is 1.15. The van der Waals surface area contributed by atoms with E-state index in [-0.39, 0.29) is 6.04 Å². The molecule has 0 radical (unpaired) electrons. The van der Waals surface area contributed by atoms with E-state index >= 15 is 0 Å². The van der Waals surface area contributed by atoms with Gasteiger partial charge >= 0.3 is 0 Å². The fourth-order valence-electron chi connectivity index (χ4n) is 1.83. The minimum absolute atomic E-state index is 0.270. The van der Waals surface area contributed by atoms with E-state index in [0.29, 0.717) is 5.92 Å². The summed E-state index contributed by atoms with van der Waals surface area (Å²) in [5, 5.41) is 0. The Balaban J connectivity index is 2.47. The first-order valence-corrected chi connectivity index (χ1v) is 4.12. The molecule has 0 saturated heterocycles. The maximum absolute atomic E-state index is 5.99. The second-order valence-electron chi connectivity index (χ2n) is 3.41. The van der Waals surface area contributed by atoms with Crippen molar-refractivity contribution in [3.8, 4) is 0 Å². The van der Waals surface area contributed by atoms with Crippen LogP contribution < -0.4 is 5.73 Å². The molecule has 58 valence electrons. The SMILES string of the molecule is C[C@H]1Cc2ccccc2C1N. The zero-order valence-electron chi connectivity index (χ0n) is 6.75. The van der Waals surface area contributed by atoms with E-state index in [9.17, 15) is 0 Å². The molecule has 1 aliphatic rings. The second-order valence-corrected chi connectivity index (χ2v) is 3.41. The molecule has 1 aromatic rings. The quantitative estimate of drug-likeness (QED) is 0.595. The van der Waals surface area contributed by atoms with Gasteiger partial charge in [0.25, 0.3) is 0 Å². The van der Waals surface area contributed by atoms with Gasteiger partial charge in [0.2, 0.25) is 0 Å². The summed E-state index contributed by atoms with van der Waals surface area (Å²) in [5.41, 5.74) is 8.77. The number of benzene rings is 1. The van der Waals surface area contributed by atoms with E-state index in [0.717, 1.165) is 6.42 Å². The van der Waals surface area contributed by atoms with Gasteiger partial charge in [-0.15, -0.1) is 0 Å². The summed E-state index contributed by atoms with van der Waals surface area (Å²) in [6, 6.07) is 8.74. The lowest BCUT2D eigenvalue weighted by Gasteiger charge is -2.08. The van der Waals surface area contributed by atoms with Crippen molar-refractivity contribution < 1.29 is 0 Å². The molecule has 1 nitrogen and oxygen atoms in total. The first kappa shape index (κ1) is 6.86. The molecule has 0 saturated carbocycles. The normalized spacial score (nSPS) is 28.5. The van der Waals surface area contributed by atoms with Crippen LogP contribution in [0.4, 0.5) is 0 Å². The minimum atomic E-state index is 0.270. The van der Waals surface area contributed by atoms with Crippen LogP contribution in [0.3, 0.4) is 0 Å². The van der Waals surface area contributed by atoms with Crippen LogP contribution in [-0.4, -0.2) is 0 Å². The van der Waals surface area contributed by atoms with Crippen LogP contribution in [0.15, 0.2) is 24.3 Å². The van der Waals surface area contributed by atoms with Crippen LogP contribution in [0.1, 0.15) is 24.1 Å². The number of hydrogen-bond donors (Lipinski definition) is 1. The lowest BCUT2D eigenvalue weighted by Crippen LogP contribution is -2.13. The molecule has 11 heavy (non-hydrogen) atoms. The Bertz CT molecular complexity index is 267. The zero-order chi connectivity index (χ0) is 7.84. The monoisotopic (exact) mass is 147 g/mol. The molecular weight excluding hydrogens is 134 g/mol. The molecular formula is C10H13N. The molecule has 0 aliphatic heterocycles. The zero-order valence-corrected chi connectivity index (χ0v) is 6.75. The van der Waals surface area contributed by atoms with E-state index in [1.807, 2.05) is 0 Å². The maximum atomic E-state index is 5.99. The molecule has 2 N–H and O–H groups in total. The lowest BCUT2D eigenvalue weighted by atomic mass is 10.0. The van der Waals surface area contributed by atoms with E-state index in [4.69, 9.17) is 5.73 Å². The molecule has 0 amide bonds. The molecule has 2 atom stereocenters. The third kappa shape index (κ3) is 0.962. The van der Waals surface area contributed by atoms with Crippen molar-refractivity contribution in [3.05, 3.63) is 35.4 Å². The van der Waals surface area contributed by atoms with Crippen molar-refractivity contribution in [3.63, 3.8) is 0 Å². The predicted octanol–water partition coefficient (Wildman–Crippen LogP) is 1.88. The van der Waals surface area contributed by atoms with Gasteiger partial charge < -0.3 is 5.73 Å². The van der Waals surface area contributed by atoms with Crippen LogP contribution in [0, 0.1) is 5.92 Å².